The molecule has 1 aromatic heterocycles. The highest BCUT2D eigenvalue weighted by atomic mass is 15.2. The van der Waals surface area contributed by atoms with Crippen LogP contribution in [-0.4, -0.2) is 18.1 Å². The van der Waals surface area contributed by atoms with Gasteiger partial charge in [-0.15, -0.1) is 0 Å². The van der Waals surface area contributed by atoms with Crippen molar-refractivity contribution < 1.29 is 0 Å². The molecule has 3 heteroatoms. The minimum Gasteiger partial charge on any atom is -0.352 e. The predicted octanol–water partition coefficient (Wildman–Crippen LogP) is 1.70. The van der Waals surface area contributed by atoms with E-state index in [1.807, 2.05) is 12.1 Å². The van der Waals surface area contributed by atoms with E-state index in [1.54, 1.807) is 0 Å². The van der Waals surface area contributed by atoms with Gasteiger partial charge >= 0.3 is 0 Å². The van der Waals surface area contributed by atoms with E-state index in [2.05, 4.69) is 29.0 Å². The van der Waals surface area contributed by atoms with E-state index in [-0.39, 0.29) is 0 Å². The maximum atomic E-state index is 5.58. The summed E-state index contributed by atoms with van der Waals surface area (Å²) in [7, 11) is 0. The van der Waals surface area contributed by atoms with Crippen LogP contribution >= 0.6 is 0 Å². The predicted molar refractivity (Wildman–Crippen MR) is 62.7 cm³/mol. The summed E-state index contributed by atoms with van der Waals surface area (Å²) >= 11 is 0. The standard InChI is InChI=1S/C12H17N3/c1-10-4-3-7-15(9-10)12-6-2-5-11(8-13)14-12/h2,4-6H,3,7-9,13H2,1H3. The third-order valence-electron chi connectivity index (χ3n) is 2.66. The maximum Gasteiger partial charge on any atom is 0.129 e. The SMILES string of the molecule is CC1=CCCN(c2cccc(CN)n2)C1. The molecule has 15 heavy (non-hydrogen) atoms. The minimum absolute atomic E-state index is 0.510. The second-order valence-corrected chi connectivity index (χ2v) is 3.95. The van der Waals surface area contributed by atoms with Crippen LogP contribution in [0.25, 0.3) is 0 Å². The van der Waals surface area contributed by atoms with Gasteiger partial charge in [0.15, 0.2) is 0 Å². The van der Waals surface area contributed by atoms with Gasteiger partial charge in [-0.05, 0) is 25.5 Å². The van der Waals surface area contributed by atoms with Gasteiger partial charge < -0.3 is 10.6 Å². The number of anilines is 1. The molecule has 1 aromatic rings. The van der Waals surface area contributed by atoms with E-state index >= 15 is 0 Å². The number of nitrogens with zero attached hydrogens (tertiary/aromatic N) is 2. The molecular formula is C12H17N3. The Morgan fingerprint density at radius 2 is 2.33 bits per heavy atom. The molecule has 0 saturated carbocycles. The zero-order chi connectivity index (χ0) is 10.7. The quantitative estimate of drug-likeness (QED) is 0.744. The fourth-order valence-corrected chi connectivity index (χ4v) is 1.86. The lowest BCUT2D eigenvalue weighted by molar-refractivity contribution is 0.773. The van der Waals surface area contributed by atoms with Crippen LogP contribution < -0.4 is 10.6 Å². The summed E-state index contributed by atoms with van der Waals surface area (Å²) in [6, 6.07) is 6.05. The van der Waals surface area contributed by atoms with Crippen molar-refractivity contribution in [3.8, 4) is 0 Å². The Hall–Kier alpha value is -1.35. The Balaban J connectivity index is 2.18. The Morgan fingerprint density at radius 3 is 3.07 bits per heavy atom. The molecule has 0 saturated heterocycles. The molecule has 80 valence electrons. The Labute approximate surface area is 90.6 Å². The molecule has 0 aromatic carbocycles. The van der Waals surface area contributed by atoms with Crippen LogP contribution in [0.1, 0.15) is 19.0 Å². The molecule has 3 nitrogen and oxygen atoms in total. The zero-order valence-corrected chi connectivity index (χ0v) is 9.11. The molecule has 0 fully saturated rings. The zero-order valence-electron chi connectivity index (χ0n) is 9.11. The topological polar surface area (TPSA) is 42.1 Å². The fourth-order valence-electron chi connectivity index (χ4n) is 1.86. The highest BCUT2D eigenvalue weighted by Crippen LogP contribution is 2.17. The highest BCUT2D eigenvalue weighted by molar-refractivity contribution is 5.42. The largest absolute Gasteiger partial charge is 0.352 e. The number of pyridine rings is 1. The summed E-state index contributed by atoms with van der Waals surface area (Å²) in [6.45, 7) is 4.72. The number of rotatable bonds is 2. The van der Waals surface area contributed by atoms with Gasteiger partial charge in [0.05, 0.1) is 5.69 Å². The molecular weight excluding hydrogens is 186 g/mol. The van der Waals surface area contributed by atoms with Gasteiger partial charge in [0.2, 0.25) is 0 Å². The molecule has 0 amide bonds. The van der Waals surface area contributed by atoms with E-state index in [0.29, 0.717) is 6.54 Å². The lowest BCUT2D eigenvalue weighted by Crippen LogP contribution is -2.30. The van der Waals surface area contributed by atoms with Crippen molar-refractivity contribution in [2.45, 2.75) is 19.9 Å². The second-order valence-electron chi connectivity index (χ2n) is 3.95. The average Bonchev–Trinajstić information content (AvgIpc) is 2.29. The third kappa shape index (κ3) is 2.36. The third-order valence-corrected chi connectivity index (χ3v) is 2.66. The molecule has 2 rings (SSSR count). The lowest BCUT2D eigenvalue weighted by Gasteiger charge is -2.27. The lowest BCUT2D eigenvalue weighted by atomic mass is 10.1. The van der Waals surface area contributed by atoms with Crippen LogP contribution in [0, 0.1) is 0 Å². The fraction of sp³-hybridized carbons (Fsp3) is 0.417. The van der Waals surface area contributed by atoms with Crippen molar-refractivity contribution >= 4 is 5.82 Å². The van der Waals surface area contributed by atoms with Gasteiger partial charge in [0, 0.05) is 19.6 Å². The van der Waals surface area contributed by atoms with E-state index in [4.69, 9.17) is 5.73 Å². The van der Waals surface area contributed by atoms with Crippen LogP contribution in [0.2, 0.25) is 0 Å². The molecule has 2 N–H and O–H groups in total. The molecule has 1 aliphatic rings. The first-order valence-corrected chi connectivity index (χ1v) is 5.36. The molecule has 0 atom stereocenters. The number of nitrogens with two attached hydrogens (primary N) is 1. The minimum atomic E-state index is 0.510. The average molecular weight is 203 g/mol. The summed E-state index contributed by atoms with van der Waals surface area (Å²) in [5, 5.41) is 0. The van der Waals surface area contributed by atoms with E-state index in [0.717, 1.165) is 31.0 Å². The van der Waals surface area contributed by atoms with Crippen molar-refractivity contribution in [3.63, 3.8) is 0 Å². The smallest absolute Gasteiger partial charge is 0.129 e. The molecule has 0 bridgehead atoms. The van der Waals surface area contributed by atoms with E-state index in [9.17, 15) is 0 Å². The molecule has 2 heterocycles. The first-order chi connectivity index (χ1) is 7.29. The van der Waals surface area contributed by atoms with Crippen LogP contribution in [0.5, 0.6) is 0 Å². The van der Waals surface area contributed by atoms with E-state index in [1.165, 1.54) is 5.57 Å². The van der Waals surface area contributed by atoms with E-state index < -0.39 is 0 Å². The molecule has 0 unspecified atom stereocenters. The molecule has 0 spiro atoms. The Bertz CT molecular complexity index is 371. The van der Waals surface area contributed by atoms with Crippen molar-refractivity contribution in [1.82, 2.24) is 4.98 Å². The highest BCUT2D eigenvalue weighted by Gasteiger charge is 2.11. The summed E-state index contributed by atoms with van der Waals surface area (Å²) in [5.41, 5.74) is 7.96. The van der Waals surface area contributed by atoms with Gasteiger partial charge in [-0.3, -0.25) is 0 Å². The summed E-state index contributed by atoms with van der Waals surface area (Å²) < 4.78 is 0. The van der Waals surface area contributed by atoms with Gasteiger partial charge in [-0.25, -0.2) is 4.98 Å². The summed E-state index contributed by atoms with van der Waals surface area (Å²) in [4.78, 5) is 6.82. The first-order valence-electron chi connectivity index (χ1n) is 5.36. The van der Waals surface area contributed by atoms with Crippen molar-refractivity contribution in [1.29, 1.82) is 0 Å². The summed E-state index contributed by atoms with van der Waals surface area (Å²) in [5.74, 6) is 1.05. The van der Waals surface area contributed by atoms with Crippen LogP contribution in [0.3, 0.4) is 0 Å². The van der Waals surface area contributed by atoms with Gasteiger partial charge in [-0.1, -0.05) is 17.7 Å². The first kappa shape index (κ1) is 10.2. The van der Waals surface area contributed by atoms with Gasteiger partial charge in [0.1, 0.15) is 5.82 Å². The van der Waals surface area contributed by atoms with Crippen LogP contribution in [0.4, 0.5) is 5.82 Å². The number of hydrogen-bond donors (Lipinski definition) is 1. The van der Waals surface area contributed by atoms with Gasteiger partial charge in [-0.2, -0.15) is 0 Å². The summed E-state index contributed by atoms with van der Waals surface area (Å²) in [6.07, 6.45) is 3.41. The molecule has 0 radical (unpaired) electrons. The number of hydrogen-bond acceptors (Lipinski definition) is 3. The molecule has 0 aliphatic carbocycles. The maximum absolute atomic E-state index is 5.58. The second kappa shape index (κ2) is 4.45. The Kier molecular flexibility index (Phi) is 3.02. The van der Waals surface area contributed by atoms with Crippen molar-refractivity contribution in [2.75, 3.05) is 18.0 Å². The van der Waals surface area contributed by atoms with Crippen LogP contribution in [0.15, 0.2) is 29.8 Å². The van der Waals surface area contributed by atoms with Crippen molar-refractivity contribution in [2.24, 2.45) is 5.73 Å². The number of aromatic nitrogens is 1. The molecule has 1 aliphatic heterocycles. The Morgan fingerprint density at radius 1 is 1.47 bits per heavy atom. The van der Waals surface area contributed by atoms with Crippen LogP contribution in [-0.2, 0) is 6.54 Å². The van der Waals surface area contributed by atoms with Gasteiger partial charge in [0.25, 0.3) is 0 Å². The monoisotopic (exact) mass is 203 g/mol. The normalized spacial score (nSPS) is 16.4. The van der Waals surface area contributed by atoms with Crippen molar-refractivity contribution in [3.05, 3.63) is 35.5 Å².